The number of rotatable bonds is 5. The lowest BCUT2D eigenvalue weighted by molar-refractivity contribution is 0.363. The molecule has 0 spiro atoms. The van der Waals surface area contributed by atoms with Crippen molar-refractivity contribution in [3.8, 4) is 17.3 Å². The van der Waals surface area contributed by atoms with E-state index in [1.54, 1.807) is 24.5 Å². The summed E-state index contributed by atoms with van der Waals surface area (Å²) in [6, 6.07) is 11.0. The van der Waals surface area contributed by atoms with Crippen LogP contribution in [0, 0.1) is 0 Å². The standard InChI is InChI=1S/C18H13N3O3S/c1-2-9-23-13-7-5-12(6-8-13)11-15-17(22)21-18(25-15)19-16(20-21)14-4-3-10-24-14/h2-8,10-11H,1,9H2/b15-11+. The number of hydrogen-bond acceptors (Lipinski definition) is 6. The van der Waals surface area contributed by atoms with E-state index in [1.807, 2.05) is 30.3 Å². The Morgan fingerprint density at radius 3 is 2.80 bits per heavy atom. The predicted molar refractivity (Wildman–Crippen MR) is 95.8 cm³/mol. The molecular formula is C18H13N3O3S. The molecule has 3 heterocycles. The maximum absolute atomic E-state index is 12.5. The van der Waals surface area contributed by atoms with Gasteiger partial charge in [-0.05, 0) is 35.9 Å². The fourth-order valence-electron chi connectivity index (χ4n) is 2.31. The summed E-state index contributed by atoms with van der Waals surface area (Å²) in [5.74, 6) is 1.70. The third-order valence-electron chi connectivity index (χ3n) is 3.47. The molecule has 0 unspecified atom stereocenters. The summed E-state index contributed by atoms with van der Waals surface area (Å²) >= 11 is 1.29. The first-order valence-electron chi connectivity index (χ1n) is 7.53. The molecule has 6 nitrogen and oxygen atoms in total. The van der Waals surface area contributed by atoms with Gasteiger partial charge < -0.3 is 9.15 Å². The zero-order valence-electron chi connectivity index (χ0n) is 13.1. The molecule has 0 amide bonds. The second-order valence-electron chi connectivity index (χ2n) is 5.19. The fraction of sp³-hybridized carbons (Fsp3) is 0.0556. The quantitative estimate of drug-likeness (QED) is 0.517. The first-order chi connectivity index (χ1) is 12.2. The lowest BCUT2D eigenvalue weighted by Crippen LogP contribution is -2.23. The molecule has 0 aliphatic rings. The Morgan fingerprint density at radius 1 is 1.28 bits per heavy atom. The summed E-state index contributed by atoms with van der Waals surface area (Å²) in [6.45, 7) is 4.07. The summed E-state index contributed by atoms with van der Waals surface area (Å²) in [5, 5.41) is 4.23. The maximum Gasteiger partial charge on any atom is 0.291 e. The summed E-state index contributed by atoms with van der Waals surface area (Å²) in [7, 11) is 0. The van der Waals surface area contributed by atoms with E-state index in [1.165, 1.54) is 15.9 Å². The molecule has 0 aliphatic carbocycles. The Hall–Kier alpha value is -3.19. The molecule has 0 radical (unpaired) electrons. The van der Waals surface area contributed by atoms with Crippen LogP contribution in [-0.4, -0.2) is 21.2 Å². The van der Waals surface area contributed by atoms with Crippen molar-refractivity contribution in [1.29, 1.82) is 0 Å². The van der Waals surface area contributed by atoms with Crippen LogP contribution in [0.2, 0.25) is 0 Å². The molecular weight excluding hydrogens is 338 g/mol. The number of fused-ring (bicyclic) bond motifs is 1. The average Bonchev–Trinajstić information content (AvgIpc) is 3.33. The van der Waals surface area contributed by atoms with Crippen molar-refractivity contribution in [2.45, 2.75) is 0 Å². The number of benzene rings is 1. The molecule has 0 saturated heterocycles. The third-order valence-corrected chi connectivity index (χ3v) is 4.43. The molecule has 0 fully saturated rings. The van der Waals surface area contributed by atoms with Gasteiger partial charge in [0.2, 0.25) is 10.8 Å². The molecule has 3 aromatic heterocycles. The highest BCUT2D eigenvalue weighted by Gasteiger charge is 2.13. The lowest BCUT2D eigenvalue weighted by Gasteiger charge is -2.02. The van der Waals surface area contributed by atoms with Gasteiger partial charge in [-0.15, -0.1) is 5.10 Å². The fourth-order valence-corrected chi connectivity index (χ4v) is 3.22. The van der Waals surface area contributed by atoms with Gasteiger partial charge in [0.05, 0.1) is 10.8 Å². The van der Waals surface area contributed by atoms with Gasteiger partial charge in [-0.2, -0.15) is 9.50 Å². The Balaban J connectivity index is 1.68. The molecule has 25 heavy (non-hydrogen) atoms. The van der Waals surface area contributed by atoms with Crippen LogP contribution in [0.25, 0.3) is 22.6 Å². The van der Waals surface area contributed by atoms with Gasteiger partial charge in [-0.3, -0.25) is 4.79 Å². The Bertz CT molecular complexity index is 1130. The van der Waals surface area contributed by atoms with Crippen molar-refractivity contribution in [2.24, 2.45) is 0 Å². The molecule has 0 saturated carbocycles. The van der Waals surface area contributed by atoms with Crippen molar-refractivity contribution in [3.05, 3.63) is 75.8 Å². The van der Waals surface area contributed by atoms with E-state index in [-0.39, 0.29) is 5.56 Å². The van der Waals surface area contributed by atoms with Crippen molar-refractivity contribution in [2.75, 3.05) is 6.61 Å². The first-order valence-corrected chi connectivity index (χ1v) is 8.35. The van der Waals surface area contributed by atoms with Crippen LogP contribution in [0.3, 0.4) is 0 Å². The smallest absolute Gasteiger partial charge is 0.291 e. The number of hydrogen-bond donors (Lipinski definition) is 0. The van der Waals surface area contributed by atoms with Crippen molar-refractivity contribution in [3.63, 3.8) is 0 Å². The average molecular weight is 351 g/mol. The second kappa shape index (κ2) is 6.37. The van der Waals surface area contributed by atoms with E-state index in [2.05, 4.69) is 16.7 Å². The molecule has 1 aromatic carbocycles. The van der Waals surface area contributed by atoms with Gasteiger partial charge >= 0.3 is 0 Å². The predicted octanol–water partition coefficient (Wildman–Crippen LogP) is 2.52. The number of thiazole rings is 1. The minimum atomic E-state index is -0.197. The topological polar surface area (TPSA) is 69.6 Å². The second-order valence-corrected chi connectivity index (χ2v) is 6.20. The zero-order chi connectivity index (χ0) is 17.2. The van der Waals surface area contributed by atoms with Crippen LogP contribution in [0.4, 0.5) is 0 Å². The molecule has 0 bridgehead atoms. The number of ether oxygens (including phenoxy) is 1. The van der Waals surface area contributed by atoms with E-state index in [0.29, 0.717) is 27.7 Å². The Kier molecular flexibility index (Phi) is 3.91. The van der Waals surface area contributed by atoms with Gasteiger partial charge in [-0.25, -0.2) is 0 Å². The summed E-state index contributed by atoms with van der Waals surface area (Å²) in [6.07, 6.45) is 5.05. The van der Waals surface area contributed by atoms with E-state index < -0.39 is 0 Å². The number of aromatic nitrogens is 3. The highest BCUT2D eigenvalue weighted by molar-refractivity contribution is 7.15. The van der Waals surface area contributed by atoms with E-state index in [9.17, 15) is 4.79 Å². The maximum atomic E-state index is 12.5. The highest BCUT2D eigenvalue weighted by atomic mass is 32.1. The van der Waals surface area contributed by atoms with Crippen molar-refractivity contribution in [1.82, 2.24) is 14.6 Å². The monoisotopic (exact) mass is 351 g/mol. The van der Waals surface area contributed by atoms with E-state index in [4.69, 9.17) is 9.15 Å². The largest absolute Gasteiger partial charge is 0.490 e. The summed E-state index contributed by atoms with van der Waals surface area (Å²) in [4.78, 5) is 17.4. The summed E-state index contributed by atoms with van der Waals surface area (Å²) in [5.41, 5.74) is 0.705. The normalized spacial score (nSPS) is 11.9. The number of furan rings is 1. The van der Waals surface area contributed by atoms with Crippen LogP contribution in [0.15, 0.2) is 64.5 Å². The van der Waals surface area contributed by atoms with Crippen LogP contribution in [-0.2, 0) is 0 Å². The Labute approximate surface area is 146 Å². The van der Waals surface area contributed by atoms with Crippen LogP contribution < -0.4 is 14.8 Å². The molecule has 4 rings (SSSR count). The van der Waals surface area contributed by atoms with Gasteiger partial charge in [0.15, 0.2) is 5.76 Å². The molecule has 0 aliphatic heterocycles. The van der Waals surface area contributed by atoms with Crippen LogP contribution >= 0.6 is 11.3 Å². The molecule has 0 N–H and O–H groups in total. The Morgan fingerprint density at radius 2 is 2.12 bits per heavy atom. The minimum absolute atomic E-state index is 0.197. The van der Waals surface area contributed by atoms with Crippen molar-refractivity contribution < 1.29 is 9.15 Å². The van der Waals surface area contributed by atoms with Gasteiger partial charge in [0.1, 0.15) is 12.4 Å². The zero-order valence-corrected chi connectivity index (χ0v) is 13.9. The van der Waals surface area contributed by atoms with E-state index >= 15 is 0 Å². The van der Waals surface area contributed by atoms with E-state index in [0.717, 1.165) is 11.3 Å². The molecule has 7 heteroatoms. The lowest BCUT2D eigenvalue weighted by atomic mass is 10.2. The highest BCUT2D eigenvalue weighted by Crippen LogP contribution is 2.17. The van der Waals surface area contributed by atoms with Crippen molar-refractivity contribution >= 4 is 22.4 Å². The first kappa shape index (κ1) is 15.3. The minimum Gasteiger partial charge on any atom is -0.490 e. The molecule has 4 aromatic rings. The van der Waals surface area contributed by atoms with Gasteiger partial charge in [0, 0.05) is 0 Å². The third kappa shape index (κ3) is 2.97. The van der Waals surface area contributed by atoms with Gasteiger partial charge in [0.25, 0.3) is 5.56 Å². The SMILES string of the molecule is C=CCOc1ccc(/C=c2/sc3nc(-c4ccco4)nn3c2=O)cc1. The van der Waals surface area contributed by atoms with Gasteiger partial charge in [-0.1, -0.05) is 36.1 Å². The molecule has 124 valence electrons. The molecule has 0 atom stereocenters. The number of nitrogens with zero attached hydrogens (tertiary/aromatic N) is 3. The van der Waals surface area contributed by atoms with Crippen LogP contribution in [0.1, 0.15) is 5.56 Å². The van der Waals surface area contributed by atoms with Crippen LogP contribution in [0.5, 0.6) is 5.75 Å². The summed E-state index contributed by atoms with van der Waals surface area (Å²) < 4.78 is 12.6.